The first-order valence-electron chi connectivity index (χ1n) is 7.99. The number of methoxy groups -OCH3 is 1. The van der Waals surface area contributed by atoms with Crippen LogP contribution in [-0.2, 0) is 11.3 Å². The van der Waals surface area contributed by atoms with Crippen LogP contribution in [0.2, 0.25) is 0 Å². The van der Waals surface area contributed by atoms with Crippen LogP contribution in [0.15, 0.2) is 28.9 Å². The summed E-state index contributed by atoms with van der Waals surface area (Å²) in [7, 11) is 1.51. The average molecular weight is 444 g/mol. The van der Waals surface area contributed by atoms with Crippen molar-refractivity contribution < 1.29 is 19.0 Å². The van der Waals surface area contributed by atoms with Crippen molar-refractivity contribution in [2.45, 2.75) is 32.9 Å². The second kappa shape index (κ2) is 8.79. The van der Waals surface area contributed by atoms with Crippen molar-refractivity contribution in [1.82, 2.24) is 9.78 Å². The van der Waals surface area contributed by atoms with Gasteiger partial charge >= 0.3 is 6.09 Å². The van der Waals surface area contributed by atoms with Crippen molar-refractivity contribution >= 4 is 45.3 Å². The van der Waals surface area contributed by atoms with E-state index < -0.39 is 11.7 Å². The van der Waals surface area contributed by atoms with E-state index in [1.165, 1.54) is 7.11 Å². The number of nitrogens with one attached hydrogen (secondary N) is 1. The molecule has 0 aliphatic carbocycles. The van der Waals surface area contributed by atoms with Gasteiger partial charge in [-0.2, -0.15) is 4.68 Å². The normalized spacial score (nSPS) is 11.3. The first kappa shape index (κ1) is 20.6. The largest absolute Gasteiger partial charge is 0.478 e. The highest BCUT2D eigenvalue weighted by Gasteiger charge is 2.21. The number of carbonyl (C=O) groups excluding carboxylic acids is 1. The number of carbonyl (C=O) groups is 1. The first-order chi connectivity index (χ1) is 12.2. The molecule has 7 nitrogen and oxygen atoms in total. The van der Waals surface area contributed by atoms with Crippen molar-refractivity contribution in [3.8, 4) is 5.88 Å². The number of aromatic nitrogens is 2. The summed E-state index contributed by atoms with van der Waals surface area (Å²) in [4.78, 5) is 12.2. The first-order valence-corrected chi connectivity index (χ1v) is 10.1. The van der Waals surface area contributed by atoms with E-state index in [9.17, 15) is 4.79 Å². The van der Waals surface area contributed by atoms with E-state index in [1.54, 1.807) is 18.1 Å². The summed E-state index contributed by atoms with van der Waals surface area (Å²) in [5, 5.41) is 7.42. The Hall–Kier alpha value is -1.71. The van der Waals surface area contributed by atoms with Crippen molar-refractivity contribution in [1.29, 1.82) is 0 Å². The number of nitrogens with two attached hydrogens (primary N) is 1. The van der Waals surface area contributed by atoms with Gasteiger partial charge in [0.1, 0.15) is 17.0 Å². The number of ether oxygens (including phenoxy) is 2. The van der Waals surface area contributed by atoms with Crippen LogP contribution in [0.1, 0.15) is 26.3 Å². The van der Waals surface area contributed by atoms with E-state index in [0.29, 0.717) is 18.1 Å². The number of hydrogen-bond donors (Lipinski definition) is 2. The quantitative estimate of drug-likeness (QED) is 0.524. The van der Waals surface area contributed by atoms with Crippen LogP contribution in [0.25, 0.3) is 0 Å². The molecule has 0 fully saturated rings. The molecular formula is C17H24BrN4O3S+. The molecule has 1 aromatic heterocycles. The fraction of sp³-hybridized carbons (Fsp3) is 0.412. The van der Waals surface area contributed by atoms with Crippen LogP contribution < -0.4 is 14.8 Å². The number of anilines is 1. The van der Waals surface area contributed by atoms with Gasteiger partial charge in [0.15, 0.2) is 0 Å². The SMILES string of the molecule is COc1nn(C(=O)OC(C)(C)C)cc1NCc1c(Br)cccc1[NH2+]SC. The standard InChI is InChI=1S/C17H23BrN4O3S/c1-17(2,3)25-16(23)22-10-14(15(20-22)24-4)19-9-11-12(18)7-6-8-13(11)21-26-5/h6-8,10,19,21H,9H2,1-5H3/p+1. The molecule has 1 aromatic carbocycles. The number of hydrogen-bond acceptors (Lipinski definition) is 6. The lowest BCUT2D eigenvalue weighted by atomic mass is 10.2. The second-order valence-corrected chi connectivity index (χ2v) is 8.05. The minimum absolute atomic E-state index is 0.332. The summed E-state index contributed by atoms with van der Waals surface area (Å²) in [6.07, 6.45) is 3.04. The van der Waals surface area contributed by atoms with Crippen molar-refractivity contribution in [2.24, 2.45) is 0 Å². The van der Waals surface area contributed by atoms with Gasteiger partial charge in [0, 0.05) is 28.9 Å². The Morgan fingerprint density at radius 2 is 2.15 bits per heavy atom. The number of quaternary nitrogens is 1. The van der Waals surface area contributed by atoms with Crippen molar-refractivity contribution in [3.05, 3.63) is 34.4 Å². The van der Waals surface area contributed by atoms with Gasteiger partial charge in [-0.25, -0.2) is 4.79 Å². The highest BCUT2D eigenvalue weighted by Crippen LogP contribution is 2.27. The predicted molar refractivity (Wildman–Crippen MR) is 107 cm³/mol. The van der Waals surface area contributed by atoms with E-state index in [1.807, 2.05) is 39.2 Å². The Morgan fingerprint density at radius 1 is 1.42 bits per heavy atom. The van der Waals surface area contributed by atoms with E-state index in [4.69, 9.17) is 9.47 Å². The highest BCUT2D eigenvalue weighted by atomic mass is 79.9. The lowest BCUT2D eigenvalue weighted by Crippen LogP contribution is -2.68. The Bertz CT molecular complexity index is 774. The molecule has 0 radical (unpaired) electrons. The molecule has 0 saturated heterocycles. The summed E-state index contributed by atoms with van der Waals surface area (Å²) in [5.41, 5.74) is 2.25. The monoisotopic (exact) mass is 443 g/mol. The summed E-state index contributed by atoms with van der Waals surface area (Å²) in [5.74, 6) is 0.332. The Balaban J connectivity index is 2.19. The van der Waals surface area contributed by atoms with Gasteiger partial charge in [-0.3, -0.25) is 4.72 Å². The van der Waals surface area contributed by atoms with E-state index in [2.05, 4.69) is 37.1 Å². The molecule has 0 bridgehead atoms. The minimum atomic E-state index is -0.596. The Kier molecular flexibility index (Phi) is 6.96. The average Bonchev–Trinajstić information content (AvgIpc) is 2.96. The maximum Gasteiger partial charge on any atom is 0.435 e. The molecule has 0 saturated carbocycles. The molecule has 0 aliphatic heterocycles. The van der Waals surface area contributed by atoms with E-state index >= 15 is 0 Å². The maximum absolute atomic E-state index is 12.2. The van der Waals surface area contributed by atoms with Crippen LogP contribution >= 0.6 is 27.9 Å². The lowest BCUT2D eigenvalue weighted by Gasteiger charge is -2.18. The predicted octanol–water partition coefficient (Wildman–Crippen LogP) is 3.52. The van der Waals surface area contributed by atoms with Crippen molar-refractivity contribution in [3.63, 3.8) is 0 Å². The second-order valence-electron chi connectivity index (χ2n) is 6.49. The molecule has 3 N–H and O–H groups in total. The van der Waals surface area contributed by atoms with Crippen LogP contribution in [0, 0.1) is 0 Å². The molecular weight excluding hydrogens is 420 g/mol. The highest BCUT2D eigenvalue weighted by molar-refractivity contribution is 9.10. The summed E-state index contributed by atoms with van der Waals surface area (Å²) in [6, 6.07) is 6.05. The third-order valence-electron chi connectivity index (χ3n) is 3.31. The smallest absolute Gasteiger partial charge is 0.435 e. The van der Waals surface area contributed by atoms with Crippen molar-refractivity contribution in [2.75, 3.05) is 18.7 Å². The van der Waals surface area contributed by atoms with Crippen LogP contribution in [0.4, 0.5) is 16.2 Å². The van der Waals surface area contributed by atoms with Gasteiger partial charge < -0.3 is 14.8 Å². The molecule has 26 heavy (non-hydrogen) atoms. The maximum atomic E-state index is 12.2. The van der Waals surface area contributed by atoms with Gasteiger partial charge in [0.05, 0.1) is 25.3 Å². The molecule has 2 aromatic rings. The zero-order chi connectivity index (χ0) is 19.3. The van der Waals surface area contributed by atoms with Crippen LogP contribution in [0.5, 0.6) is 5.88 Å². The molecule has 0 unspecified atom stereocenters. The molecule has 9 heteroatoms. The Morgan fingerprint density at radius 3 is 2.77 bits per heavy atom. The lowest BCUT2D eigenvalue weighted by molar-refractivity contribution is -0.377. The third-order valence-corrected chi connectivity index (χ3v) is 4.54. The number of benzene rings is 1. The molecule has 0 atom stereocenters. The van der Waals surface area contributed by atoms with Gasteiger partial charge in [-0.05, 0) is 26.8 Å². The third kappa shape index (κ3) is 5.39. The molecule has 1 heterocycles. The van der Waals surface area contributed by atoms with Gasteiger partial charge in [-0.1, -0.05) is 22.0 Å². The fourth-order valence-corrected chi connectivity index (χ4v) is 3.21. The molecule has 2 rings (SSSR count). The fourth-order valence-electron chi connectivity index (χ4n) is 2.22. The molecule has 142 valence electrons. The van der Waals surface area contributed by atoms with Gasteiger partial charge in [0.25, 0.3) is 5.88 Å². The number of rotatable bonds is 6. The van der Waals surface area contributed by atoms with Gasteiger partial charge in [0.2, 0.25) is 0 Å². The van der Waals surface area contributed by atoms with Crippen LogP contribution in [-0.4, -0.2) is 34.8 Å². The number of halogens is 1. The molecule has 0 spiro atoms. The summed E-state index contributed by atoms with van der Waals surface area (Å²) < 4.78 is 14.8. The zero-order valence-corrected chi connectivity index (χ0v) is 17.9. The van der Waals surface area contributed by atoms with Crippen LogP contribution in [0.3, 0.4) is 0 Å². The molecule has 0 aliphatic rings. The Labute approximate surface area is 166 Å². The van der Waals surface area contributed by atoms with Gasteiger partial charge in [-0.15, -0.1) is 5.10 Å². The zero-order valence-electron chi connectivity index (χ0n) is 15.5. The summed E-state index contributed by atoms with van der Waals surface area (Å²) >= 11 is 5.24. The van der Waals surface area contributed by atoms with E-state index in [0.717, 1.165) is 20.4 Å². The number of nitrogens with zero attached hydrogens (tertiary/aromatic N) is 2. The molecule has 0 amide bonds. The summed E-state index contributed by atoms with van der Waals surface area (Å²) in [6.45, 7) is 5.97. The van der Waals surface area contributed by atoms with E-state index in [-0.39, 0.29) is 0 Å². The topological polar surface area (TPSA) is 82.0 Å². The minimum Gasteiger partial charge on any atom is -0.478 e.